The highest BCUT2D eigenvalue weighted by Gasteiger charge is 2.30. The maximum Gasteiger partial charge on any atom is 0.416 e. The van der Waals surface area contributed by atoms with Gasteiger partial charge in [-0.15, -0.1) is 0 Å². The van der Waals surface area contributed by atoms with Crippen molar-refractivity contribution in [2.75, 3.05) is 0 Å². The minimum atomic E-state index is -4.40. The fourth-order valence-electron chi connectivity index (χ4n) is 2.30. The van der Waals surface area contributed by atoms with Crippen LogP contribution in [0.2, 0.25) is 0 Å². The summed E-state index contributed by atoms with van der Waals surface area (Å²) in [5.41, 5.74) is 0.159. The van der Waals surface area contributed by atoms with Crippen molar-refractivity contribution in [3.05, 3.63) is 65.5 Å². The van der Waals surface area contributed by atoms with E-state index in [0.717, 1.165) is 12.1 Å². The Balaban J connectivity index is 1.72. The van der Waals surface area contributed by atoms with E-state index in [1.165, 1.54) is 36.4 Å². The normalized spacial score (nSPS) is 11.7. The van der Waals surface area contributed by atoms with Crippen LogP contribution in [-0.2, 0) is 23.5 Å². The van der Waals surface area contributed by atoms with E-state index in [4.69, 9.17) is 9.15 Å². The zero-order chi connectivity index (χ0) is 19.6. The highest BCUT2D eigenvalue weighted by molar-refractivity contribution is 7.72. The number of halogens is 3. The predicted molar refractivity (Wildman–Crippen MR) is 91.0 cm³/mol. The molecule has 0 N–H and O–H groups in total. The Morgan fingerprint density at radius 1 is 1.04 bits per heavy atom. The number of benzene rings is 2. The van der Waals surface area contributed by atoms with Gasteiger partial charge in [-0.2, -0.15) is 13.2 Å². The topological polar surface area (TPSA) is 69.4 Å². The highest BCUT2D eigenvalue weighted by Crippen LogP contribution is 2.31. The summed E-state index contributed by atoms with van der Waals surface area (Å²) in [4.78, 5) is 4.44. The number of hydrogen-bond acceptors (Lipinski definition) is 5. The average molecular weight is 397 g/mol. The van der Waals surface area contributed by atoms with Crippen LogP contribution in [0.4, 0.5) is 13.2 Å². The molecular weight excluding hydrogens is 383 g/mol. The number of nitrogens with zero attached hydrogens (tertiary/aromatic N) is 1. The summed E-state index contributed by atoms with van der Waals surface area (Å²) in [5, 5.41) is 0. The van der Waals surface area contributed by atoms with Crippen LogP contribution >= 0.6 is 0 Å². The maximum atomic E-state index is 12.6. The fourth-order valence-corrected chi connectivity index (χ4v) is 2.70. The Morgan fingerprint density at radius 2 is 1.67 bits per heavy atom. The van der Waals surface area contributed by atoms with E-state index in [1.54, 1.807) is 6.92 Å². The molecule has 0 bridgehead atoms. The van der Waals surface area contributed by atoms with Gasteiger partial charge in [0.1, 0.15) is 23.8 Å². The molecule has 0 radical (unpaired) electrons. The third-order valence-corrected chi connectivity index (χ3v) is 4.49. The van der Waals surface area contributed by atoms with Crippen LogP contribution in [0.25, 0.3) is 11.5 Å². The van der Waals surface area contributed by atoms with Crippen molar-refractivity contribution in [1.82, 2.24) is 4.98 Å². The van der Waals surface area contributed by atoms with Crippen molar-refractivity contribution in [3.8, 4) is 17.2 Å². The van der Waals surface area contributed by atoms with E-state index in [0.29, 0.717) is 22.8 Å². The molecule has 0 aliphatic rings. The molecule has 0 aliphatic heterocycles. The maximum absolute atomic E-state index is 12.6. The van der Waals surface area contributed by atoms with Gasteiger partial charge in [0.15, 0.2) is 10.7 Å². The van der Waals surface area contributed by atoms with Crippen molar-refractivity contribution < 1.29 is 30.7 Å². The van der Waals surface area contributed by atoms with Crippen LogP contribution < -0.4 is 4.74 Å². The summed E-state index contributed by atoms with van der Waals surface area (Å²) in [6.45, 7) is 1.74. The predicted octanol–water partition coefficient (Wildman–Crippen LogP) is 4.22. The molecule has 0 saturated carbocycles. The molecule has 0 saturated heterocycles. The van der Waals surface area contributed by atoms with Crippen molar-refractivity contribution in [1.29, 1.82) is 0 Å². The number of hydrogen-bond donors (Lipinski definition) is 1. The molecule has 0 spiro atoms. The average Bonchev–Trinajstić information content (AvgIpc) is 3.00. The number of oxazole rings is 1. The number of alkyl halides is 3. The first-order chi connectivity index (χ1) is 12.7. The number of ether oxygens (including phenoxy) is 1. The summed E-state index contributed by atoms with van der Waals surface area (Å²) in [6.07, 6.45) is -4.40. The van der Waals surface area contributed by atoms with E-state index in [9.17, 15) is 21.6 Å². The van der Waals surface area contributed by atoms with Gasteiger partial charge in [0.05, 0.1) is 10.5 Å². The van der Waals surface area contributed by atoms with Crippen molar-refractivity contribution in [2.45, 2.75) is 24.6 Å². The molecule has 27 heavy (non-hydrogen) atoms. The lowest BCUT2D eigenvalue weighted by atomic mass is 10.1. The van der Waals surface area contributed by atoms with E-state index in [1.807, 2.05) is 0 Å². The molecule has 0 unspecified atom stereocenters. The molecule has 0 amide bonds. The largest absolute Gasteiger partial charge is 0.487 e. The van der Waals surface area contributed by atoms with Crippen LogP contribution in [0.3, 0.4) is 0 Å². The zero-order valence-electron chi connectivity index (χ0n) is 14.0. The standard InChI is InChI=1S/C18H14F3NO4S/c1-11-16(10-25-14-6-8-15(9-7-14)27(23)24)22-17(26-11)12-2-4-13(5-3-12)18(19,20)21/h2-9,27H,10H2,1H3. The fraction of sp³-hybridized carbons (Fsp3) is 0.167. The molecule has 5 nitrogen and oxygen atoms in total. The number of aromatic nitrogens is 1. The minimum absolute atomic E-state index is 0.0683. The second-order valence-electron chi connectivity index (χ2n) is 5.64. The SMILES string of the molecule is Cc1oc(-c2ccc(C(F)(F)F)cc2)nc1COc1ccc([SH](=O)=O)cc1. The summed E-state index contributed by atoms with van der Waals surface area (Å²) >= 11 is 0. The van der Waals surface area contributed by atoms with Crippen molar-refractivity contribution in [3.63, 3.8) is 0 Å². The van der Waals surface area contributed by atoms with Gasteiger partial charge in [0.2, 0.25) is 5.89 Å². The van der Waals surface area contributed by atoms with Gasteiger partial charge in [-0.05, 0) is 55.5 Å². The smallest absolute Gasteiger partial charge is 0.416 e. The summed E-state index contributed by atoms with van der Waals surface area (Å²) in [6, 6.07) is 10.4. The molecule has 3 aromatic rings. The Labute approximate surface area is 154 Å². The van der Waals surface area contributed by atoms with Gasteiger partial charge in [-0.25, -0.2) is 13.4 Å². The Morgan fingerprint density at radius 3 is 2.22 bits per heavy atom. The van der Waals surface area contributed by atoms with Crippen LogP contribution in [0.15, 0.2) is 57.8 Å². The third kappa shape index (κ3) is 4.48. The molecule has 2 aromatic carbocycles. The number of thiol groups is 1. The monoisotopic (exact) mass is 397 g/mol. The summed E-state index contributed by atoms with van der Waals surface area (Å²) in [5.74, 6) is 1.12. The van der Waals surface area contributed by atoms with E-state index >= 15 is 0 Å². The molecule has 3 rings (SSSR count). The van der Waals surface area contributed by atoms with Gasteiger partial charge in [-0.1, -0.05) is 0 Å². The third-order valence-electron chi connectivity index (χ3n) is 3.77. The van der Waals surface area contributed by atoms with Crippen LogP contribution in [-0.4, -0.2) is 13.4 Å². The van der Waals surface area contributed by atoms with Gasteiger partial charge in [0.25, 0.3) is 0 Å². The lowest BCUT2D eigenvalue weighted by molar-refractivity contribution is -0.137. The molecule has 0 atom stereocenters. The van der Waals surface area contributed by atoms with E-state index < -0.39 is 22.4 Å². The summed E-state index contributed by atoms with van der Waals surface area (Å²) < 4.78 is 70.7. The van der Waals surface area contributed by atoms with Gasteiger partial charge >= 0.3 is 6.18 Å². The second-order valence-corrected chi connectivity index (χ2v) is 6.67. The first kappa shape index (κ1) is 19.0. The lowest BCUT2D eigenvalue weighted by Gasteiger charge is -2.06. The van der Waals surface area contributed by atoms with Crippen molar-refractivity contribution >= 4 is 10.7 Å². The van der Waals surface area contributed by atoms with Crippen LogP contribution in [0, 0.1) is 6.92 Å². The molecule has 142 valence electrons. The second kappa shape index (κ2) is 7.43. The quantitative estimate of drug-likeness (QED) is 0.653. The van der Waals surface area contributed by atoms with Gasteiger partial charge in [0, 0.05) is 5.56 Å². The lowest BCUT2D eigenvalue weighted by Crippen LogP contribution is -2.04. The minimum Gasteiger partial charge on any atom is -0.487 e. The first-order valence-electron chi connectivity index (χ1n) is 7.75. The van der Waals surface area contributed by atoms with Crippen LogP contribution in [0.5, 0.6) is 5.75 Å². The van der Waals surface area contributed by atoms with E-state index in [-0.39, 0.29) is 17.4 Å². The summed E-state index contributed by atoms with van der Waals surface area (Å²) in [7, 11) is -2.65. The van der Waals surface area contributed by atoms with Crippen LogP contribution in [0.1, 0.15) is 17.0 Å². The molecule has 0 fully saturated rings. The molecular formula is C18H14F3NO4S. The van der Waals surface area contributed by atoms with Gasteiger partial charge in [-0.3, -0.25) is 0 Å². The molecule has 1 heterocycles. The molecule has 9 heteroatoms. The molecule has 1 aromatic heterocycles. The highest BCUT2D eigenvalue weighted by atomic mass is 32.2. The zero-order valence-corrected chi connectivity index (χ0v) is 14.9. The van der Waals surface area contributed by atoms with Gasteiger partial charge < -0.3 is 9.15 Å². The number of rotatable bonds is 5. The molecule has 0 aliphatic carbocycles. The number of aryl methyl sites for hydroxylation is 1. The Kier molecular flexibility index (Phi) is 5.22. The first-order valence-corrected chi connectivity index (χ1v) is 8.93. The Bertz CT molecular complexity index is 999. The Hall–Kier alpha value is -2.81. The van der Waals surface area contributed by atoms with E-state index in [2.05, 4.69) is 4.98 Å². The van der Waals surface area contributed by atoms with Crippen molar-refractivity contribution in [2.24, 2.45) is 0 Å².